The number of carbonyl (C=O) groups excluding carboxylic acids is 1. The van der Waals surface area contributed by atoms with Crippen LogP contribution in [-0.4, -0.2) is 17.3 Å². The molecular weight excluding hydrogens is 172 g/mol. The summed E-state index contributed by atoms with van der Waals surface area (Å²) in [5.41, 5.74) is 0. The molecule has 0 bridgehead atoms. The molecule has 0 saturated carbocycles. The monoisotopic (exact) mass is 183 g/mol. The largest absolute Gasteiger partial charge is 0.456 e. The van der Waals surface area contributed by atoms with E-state index in [4.69, 9.17) is 4.42 Å². The van der Waals surface area contributed by atoms with Crippen molar-refractivity contribution in [3.8, 4) is 0 Å². The predicted octanol–water partition coefficient (Wildman–Crippen LogP) is 1.86. The Hall–Kier alpha value is -0.700. The van der Waals surface area contributed by atoms with Gasteiger partial charge in [0, 0.05) is 17.0 Å². The van der Waals surface area contributed by atoms with Gasteiger partial charge in [-0.15, -0.1) is 0 Å². The van der Waals surface area contributed by atoms with Crippen LogP contribution < -0.4 is 0 Å². The molecule has 64 valence electrons. The lowest BCUT2D eigenvalue weighted by Gasteiger charge is -2.09. The molecule has 12 heavy (non-hydrogen) atoms. The number of Topliss-reactive ketones (excluding diaryl/α,β-unsaturated/α-hetero) is 1. The quantitative estimate of drug-likeness (QED) is 0.622. The van der Waals surface area contributed by atoms with Crippen LogP contribution in [-0.2, 0) is 10.9 Å². The van der Waals surface area contributed by atoms with Crippen LogP contribution in [0.4, 0.5) is 0 Å². The molecule has 1 aliphatic heterocycles. The summed E-state index contributed by atoms with van der Waals surface area (Å²) >= 11 is 0. The maximum Gasteiger partial charge on any atom is 0.224 e. The van der Waals surface area contributed by atoms with Gasteiger partial charge in [0.05, 0.1) is 12.7 Å². The lowest BCUT2D eigenvalue weighted by molar-refractivity contribution is 0.0956. The lowest BCUT2D eigenvalue weighted by atomic mass is 10.2. The number of hydrogen-bond donors (Lipinski definition) is 0. The Labute approximate surface area is 74.3 Å². The summed E-state index contributed by atoms with van der Waals surface area (Å²) in [6.07, 6.45) is 2.29. The van der Waals surface area contributed by atoms with Crippen molar-refractivity contribution < 1.29 is 9.21 Å². The molecule has 2 heterocycles. The van der Waals surface area contributed by atoms with E-state index < -0.39 is 0 Å². The van der Waals surface area contributed by atoms with Crippen LogP contribution in [0.15, 0.2) is 21.6 Å². The maximum atomic E-state index is 11.3. The standard InChI is InChI=1S/C9H11O2S/c1-2-12-6-4-7(10)9-8(12)3-5-11-9/h3,5H,2,4,6H2,1H3/q+1. The summed E-state index contributed by atoms with van der Waals surface area (Å²) in [5.74, 6) is 2.93. The van der Waals surface area contributed by atoms with Crippen LogP contribution in [0.25, 0.3) is 0 Å². The van der Waals surface area contributed by atoms with E-state index in [0.717, 1.165) is 16.4 Å². The highest BCUT2D eigenvalue weighted by Crippen LogP contribution is 2.27. The molecule has 0 N–H and O–H groups in total. The molecule has 1 atom stereocenters. The third-order valence-corrected chi connectivity index (χ3v) is 4.45. The molecule has 1 unspecified atom stereocenters. The van der Waals surface area contributed by atoms with E-state index in [-0.39, 0.29) is 16.7 Å². The fourth-order valence-electron chi connectivity index (χ4n) is 1.47. The van der Waals surface area contributed by atoms with Crippen molar-refractivity contribution in [2.75, 3.05) is 11.5 Å². The molecule has 0 spiro atoms. The molecule has 1 aromatic heterocycles. The molecule has 2 rings (SSSR count). The molecule has 1 aromatic rings. The molecule has 0 aromatic carbocycles. The number of hydrogen-bond acceptors (Lipinski definition) is 2. The zero-order valence-electron chi connectivity index (χ0n) is 7.00. The van der Waals surface area contributed by atoms with Gasteiger partial charge in [0.25, 0.3) is 0 Å². The minimum atomic E-state index is 0.173. The summed E-state index contributed by atoms with van der Waals surface area (Å²) in [5, 5.41) is 0. The molecule has 2 nitrogen and oxygen atoms in total. The smallest absolute Gasteiger partial charge is 0.224 e. The van der Waals surface area contributed by atoms with Crippen molar-refractivity contribution in [2.24, 2.45) is 0 Å². The predicted molar refractivity (Wildman–Crippen MR) is 48.7 cm³/mol. The Balaban J connectivity index is 2.42. The normalized spacial score (nSPS) is 22.4. The van der Waals surface area contributed by atoms with Crippen LogP contribution in [0.2, 0.25) is 0 Å². The molecule has 0 saturated heterocycles. The summed E-state index contributed by atoms with van der Waals surface area (Å²) in [6, 6.07) is 1.94. The van der Waals surface area contributed by atoms with E-state index in [1.165, 1.54) is 0 Å². The van der Waals surface area contributed by atoms with E-state index in [0.29, 0.717) is 12.2 Å². The minimum absolute atomic E-state index is 0.173. The molecule has 0 fully saturated rings. The SMILES string of the molecule is CC[S+]1CCC(=O)c2occc21. The Morgan fingerprint density at radius 2 is 2.50 bits per heavy atom. The maximum absolute atomic E-state index is 11.3. The van der Waals surface area contributed by atoms with Crippen molar-refractivity contribution in [3.63, 3.8) is 0 Å². The second-order valence-corrected chi connectivity index (χ2v) is 5.18. The van der Waals surface area contributed by atoms with E-state index in [1.807, 2.05) is 6.07 Å². The first kappa shape index (κ1) is 7.92. The third-order valence-electron chi connectivity index (χ3n) is 2.12. The van der Waals surface area contributed by atoms with Gasteiger partial charge in [0.2, 0.25) is 16.4 Å². The van der Waals surface area contributed by atoms with E-state index in [1.54, 1.807) is 6.26 Å². The Morgan fingerprint density at radius 3 is 3.25 bits per heavy atom. The van der Waals surface area contributed by atoms with Crippen molar-refractivity contribution in [2.45, 2.75) is 18.2 Å². The fourth-order valence-corrected chi connectivity index (χ4v) is 3.39. The lowest BCUT2D eigenvalue weighted by Crippen LogP contribution is -2.21. The number of carbonyl (C=O) groups is 1. The van der Waals surface area contributed by atoms with Crippen molar-refractivity contribution in [1.29, 1.82) is 0 Å². The number of rotatable bonds is 1. The fraction of sp³-hybridized carbons (Fsp3) is 0.444. The molecule has 0 radical (unpaired) electrons. The molecule has 3 heteroatoms. The Bertz CT molecular complexity index is 303. The van der Waals surface area contributed by atoms with Gasteiger partial charge in [-0.05, 0) is 6.92 Å². The summed E-state index contributed by atoms with van der Waals surface area (Å²) in [7, 11) is 0.269. The minimum Gasteiger partial charge on any atom is -0.456 e. The highest BCUT2D eigenvalue weighted by molar-refractivity contribution is 7.97. The topological polar surface area (TPSA) is 30.2 Å². The van der Waals surface area contributed by atoms with Gasteiger partial charge >= 0.3 is 0 Å². The van der Waals surface area contributed by atoms with E-state index in [9.17, 15) is 4.79 Å². The second-order valence-electron chi connectivity index (χ2n) is 2.77. The first-order valence-electron chi connectivity index (χ1n) is 4.11. The van der Waals surface area contributed by atoms with Crippen LogP contribution in [0.3, 0.4) is 0 Å². The average molecular weight is 183 g/mol. The highest BCUT2D eigenvalue weighted by atomic mass is 32.2. The second kappa shape index (κ2) is 2.98. The van der Waals surface area contributed by atoms with Gasteiger partial charge in [-0.3, -0.25) is 4.79 Å². The van der Waals surface area contributed by atoms with Crippen LogP contribution >= 0.6 is 0 Å². The van der Waals surface area contributed by atoms with Crippen molar-refractivity contribution in [3.05, 3.63) is 18.1 Å². The Morgan fingerprint density at radius 1 is 1.67 bits per heavy atom. The summed E-state index contributed by atoms with van der Waals surface area (Å²) in [4.78, 5) is 12.5. The number of furan rings is 1. The first-order valence-corrected chi connectivity index (χ1v) is 5.67. The molecular formula is C9H11O2S+. The zero-order valence-corrected chi connectivity index (χ0v) is 7.82. The van der Waals surface area contributed by atoms with Gasteiger partial charge in [0.1, 0.15) is 11.5 Å². The van der Waals surface area contributed by atoms with Crippen molar-refractivity contribution in [1.82, 2.24) is 0 Å². The number of ketones is 1. The first-order chi connectivity index (χ1) is 5.83. The van der Waals surface area contributed by atoms with Crippen molar-refractivity contribution >= 4 is 16.7 Å². The number of fused-ring (bicyclic) bond motifs is 1. The average Bonchev–Trinajstić information content (AvgIpc) is 2.54. The van der Waals surface area contributed by atoms with E-state index >= 15 is 0 Å². The highest BCUT2D eigenvalue weighted by Gasteiger charge is 2.35. The summed E-state index contributed by atoms with van der Waals surface area (Å²) < 4.78 is 5.16. The van der Waals surface area contributed by atoms with Gasteiger partial charge in [-0.1, -0.05) is 0 Å². The van der Waals surface area contributed by atoms with Crippen LogP contribution in [0.5, 0.6) is 0 Å². The third kappa shape index (κ3) is 1.08. The Kier molecular flexibility index (Phi) is 1.97. The molecule has 0 aliphatic carbocycles. The van der Waals surface area contributed by atoms with E-state index in [2.05, 4.69) is 6.92 Å². The zero-order chi connectivity index (χ0) is 8.55. The van der Waals surface area contributed by atoms with Gasteiger partial charge in [-0.25, -0.2) is 0 Å². The molecule has 0 amide bonds. The summed E-state index contributed by atoms with van der Waals surface area (Å²) in [6.45, 7) is 2.16. The van der Waals surface area contributed by atoms with Gasteiger partial charge < -0.3 is 4.42 Å². The van der Waals surface area contributed by atoms with Gasteiger partial charge in [0.15, 0.2) is 0 Å². The molecule has 1 aliphatic rings. The van der Waals surface area contributed by atoms with Gasteiger partial charge in [-0.2, -0.15) is 0 Å². The van der Waals surface area contributed by atoms with Crippen LogP contribution in [0, 0.1) is 0 Å². The van der Waals surface area contributed by atoms with Crippen LogP contribution in [0.1, 0.15) is 23.9 Å².